The minimum absolute atomic E-state index is 0. The monoisotopic (exact) mass is 742 g/mol. The standard InChI is InChI=1S/C16H30N2O6.C11H22N2O4.C5H10O3.2CH4/c1-15(2,3)24-14(21)17-10-8-9-11(12(19)22-6)18-13(20)16(4,5)23-7;1-11(2,3)17-10(15)13-7-5-6-8(12)9(14)16-4;1-5(2,8-3)4(6)7;;/h11H,8-10H2,1-7H3,(H,17,21)(H,18,20);8H,5-7,12H2,1-4H3,(H,13,15);1-3H3,(H,6,7);2*1H4/t11-;8-;;;/m00.../s1. The van der Waals surface area contributed by atoms with Gasteiger partial charge in [-0.3, -0.25) is 9.59 Å². The number of carbonyl (C=O) groups excluding carboxylic acids is 5. The number of esters is 2. The van der Waals surface area contributed by atoms with Crippen LogP contribution in [0.5, 0.6) is 0 Å². The van der Waals surface area contributed by atoms with Gasteiger partial charge in [0.05, 0.1) is 14.2 Å². The van der Waals surface area contributed by atoms with Gasteiger partial charge in [-0.15, -0.1) is 0 Å². The SMILES string of the molecule is C.C.COC(=O)[C@@H](N)CCCNC(=O)OC(C)(C)C.COC(=O)[C@H](CCCNC(=O)OC(C)(C)C)NC(=O)C(C)(C)OC.COC(C)(C)C(=O)O. The molecule has 0 aliphatic rings. The Morgan fingerprint density at radius 3 is 1.29 bits per heavy atom. The molecule has 0 aliphatic carbocycles. The zero-order chi connectivity index (χ0) is 39.2. The molecule has 0 aromatic heterocycles. The van der Waals surface area contributed by atoms with E-state index in [1.807, 2.05) is 0 Å². The summed E-state index contributed by atoms with van der Waals surface area (Å²) in [5, 5.41) is 16.1. The van der Waals surface area contributed by atoms with E-state index >= 15 is 0 Å². The predicted molar refractivity (Wildman–Crippen MR) is 194 cm³/mol. The number of rotatable bonds is 15. The molecule has 17 nitrogen and oxygen atoms in total. The molecular weight excluding hydrogens is 672 g/mol. The van der Waals surface area contributed by atoms with E-state index in [4.69, 9.17) is 29.8 Å². The maximum atomic E-state index is 12.1. The average Bonchev–Trinajstić information content (AvgIpc) is 2.98. The van der Waals surface area contributed by atoms with Gasteiger partial charge in [0.1, 0.15) is 28.9 Å². The fraction of sp³-hybridized carbons (Fsp3) is 0.824. The minimum atomic E-state index is -1.05. The summed E-state index contributed by atoms with van der Waals surface area (Å²) in [6.07, 6.45) is 0.837. The molecule has 3 amide bonds. The number of alkyl carbamates (subject to hydrolysis) is 2. The van der Waals surface area contributed by atoms with Crippen LogP contribution in [0.2, 0.25) is 0 Å². The zero-order valence-electron chi connectivity index (χ0n) is 31.8. The number of amides is 3. The van der Waals surface area contributed by atoms with Gasteiger partial charge in [-0.1, -0.05) is 14.9 Å². The summed E-state index contributed by atoms with van der Waals surface area (Å²) in [6.45, 7) is 17.6. The quantitative estimate of drug-likeness (QED) is 0.0908. The lowest BCUT2D eigenvalue weighted by molar-refractivity contribution is -0.157. The summed E-state index contributed by atoms with van der Waals surface area (Å²) in [7, 11) is 5.33. The molecule has 0 unspecified atom stereocenters. The lowest BCUT2D eigenvalue weighted by Gasteiger charge is -2.25. The Hall–Kier alpha value is -3.70. The lowest BCUT2D eigenvalue weighted by atomic mass is 10.1. The molecule has 0 saturated heterocycles. The second kappa shape index (κ2) is 27.0. The van der Waals surface area contributed by atoms with Crippen molar-refractivity contribution >= 4 is 36.0 Å². The Morgan fingerprint density at radius 1 is 0.627 bits per heavy atom. The van der Waals surface area contributed by atoms with Crippen molar-refractivity contribution in [3.05, 3.63) is 0 Å². The van der Waals surface area contributed by atoms with Gasteiger partial charge in [0.25, 0.3) is 5.91 Å². The maximum Gasteiger partial charge on any atom is 0.407 e. The number of carboxylic acid groups (broad SMARTS) is 1. The first kappa shape index (κ1) is 56.7. The highest BCUT2D eigenvalue weighted by Gasteiger charge is 2.31. The molecule has 0 aliphatic heterocycles. The Kier molecular flexibility index (Phi) is 30.0. The van der Waals surface area contributed by atoms with E-state index in [0.29, 0.717) is 38.8 Å². The van der Waals surface area contributed by atoms with Gasteiger partial charge in [0, 0.05) is 27.3 Å². The summed E-state index contributed by atoms with van der Waals surface area (Å²) >= 11 is 0. The van der Waals surface area contributed by atoms with Gasteiger partial charge < -0.3 is 55.2 Å². The lowest BCUT2D eigenvalue weighted by Crippen LogP contribution is -2.50. The van der Waals surface area contributed by atoms with Crippen LogP contribution < -0.4 is 21.7 Å². The molecular formula is C34H70N4O13. The molecule has 0 bridgehead atoms. The zero-order valence-corrected chi connectivity index (χ0v) is 31.8. The van der Waals surface area contributed by atoms with E-state index in [1.165, 1.54) is 42.3 Å². The predicted octanol–water partition coefficient (Wildman–Crippen LogP) is 3.93. The van der Waals surface area contributed by atoms with Crippen LogP contribution in [0.4, 0.5) is 9.59 Å². The van der Waals surface area contributed by atoms with Crippen LogP contribution in [-0.4, -0.2) is 117 Å². The highest BCUT2D eigenvalue weighted by molar-refractivity contribution is 5.89. The van der Waals surface area contributed by atoms with Crippen molar-refractivity contribution < 1.29 is 62.3 Å². The van der Waals surface area contributed by atoms with Crippen molar-refractivity contribution in [2.75, 3.05) is 41.5 Å². The summed E-state index contributed by atoms with van der Waals surface area (Å²) < 4.78 is 29.0. The van der Waals surface area contributed by atoms with Gasteiger partial charge in [-0.25, -0.2) is 19.2 Å². The molecule has 2 atom stereocenters. The summed E-state index contributed by atoms with van der Waals surface area (Å²) in [5.74, 6) is -2.35. The molecule has 304 valence electrons. The van der Waals surface area contributed by atoms with Crippen LogP contribution in [0.3, 0.4) is 0 Å². The van der Waals surface area contributed by atoms with Crippen molar-refractivity contribution in [1.82, 2.24) is 16.0 Å². The number of carboxylic acids is 1. The van der Waals surface area contributed by atoms with Crippen LogP contribution in [0.15, 0.2) is 0 Å². The molecule has 6 N–H and O–H groups in total. The average molecular weight is 743 g/mol. The van der Waals surface area contributed by atoms with Gasteiger partial charge in [0.15, 0.2) is 5.60 Å². The Balaban J connectivity index is -0.000000228. The third-order valence-corrected chi connectivity index (χ3v) is 6.08. The number of hydrogen-bond donors (Lipinski definition) is 5. The minimum Gasteiger partial charge on any atom is -0.479 e. The second-order valence-corrected chi connectivity index (χ2v) is 13.6. The van der Waals surface area contributed by atoms with Gasteiger partial charge >= 0.3 is 30.1 Å². The van der Waals surface area contributed by atoms with Crippen molar-refractivity contribution in [2.24, 2.45) is 5.73 Å². The Bertz CT molecular complexity index is 1040. The van der Waals surface area contributed by atoms with Crippen molar-refractivity contribution in [1.29, 1.82) is 0 Å². The van der Waals surface area contributed by atoms with E-state index in [-0.39, 0.29) is 14.9 Å². The summed E-state index contributed by atoms with van der Waals surface area (Å²) in [6, 6.07) is -1.45. The topological polar surface area (TPSA) is 240 Å². The first-order valence-corrected chi connectivity index (χ1v) is 15.7. The fourth-order valence-corrected chi connectivity index (χ4v) is 2.81. The third kappa shape index (κ3) is 30.8. The van der Waals surface area contributed by atoms with Crippen LogP contribution in [0.1, 0.15) is 110 Å². The molecule has 0 saturated carbocycles. The first-order chi connectivity index (χ1) is 22.2. The van der Waals surface area contributed by atoms with E-state index in [1.54, 1.807) is 55.4 Å². The normalized spacial score (nSPS) is 12.1. The molecule has 0 fully saturated rings. The van der Waals surface area contributed by atoms with Crippen molar-refractivity contribution in [3.63, 3.8) is 0 Å². The highest BCUT2D eigenvalue weighted by Crippen LogP contribution is 2.10. The first-order valence-electron chi connectivity index (χ1n) is 15.7. The molecule has 51 heavy (non-hydrogen) atoms. The molecule has 0 rings (SSSR count). The Morgan fingerprint density at radius 2 is 1.00 bits per heavy atom. The number of nitrogens with one attached hydrogen (secondary N) is 3. The fourth-order valence-electron chi connectivity index (χ4n) is 2.81. The number of hydrogen-bond acceptors (Lipinski definition) is 13. The van der Waals surface area contributed by atoms with E-state index < -0.39 is 70.5 Å². The third-order valence-electron chi connectivity index (χ3n) is 6.08. The smallest absolute Gasteiger partial charge is 0.407 e. The molecule has 0 radical (unpaired) electrons. The molecule has 0 spiro atoms. The maximum absolute atomic E-state index is 12.1. The summed E-state index contributed by atoms with van der Waals surface area (Å²) in [4.78, 5) is 67.7. The number of nitrogens with two attached hydrogens (primary N) is 1. The Labute approximate surface area is 305 Å². The van der Waals surface area contributed by atoms with Gasteiger partial charge in [-0.05, 0) is 94.9 Å². The van der Waals surface area contributed by atoms with Crippen LogP contribution in [0.25, 0.3) is 0 Å². The highest BCUT2D eigenvalue weighted by atomic mass is 16.6. The number of aliphatic carboxylic acids is 1. The number of ether oxygens (including phenoxy) is 6. The number of carbonyl (C=O) groups is 6. The molecule has 0 aromatic carbocycles. The molecule has 0 aromatic rings. The van der Waals surface area contributed by atoms with Gasteiger partial charge in [0.2, 0.25) is 0 Å². The van der Waals surface area contributed by atoms with Crippen molar-refractivity contribution in [2.45, 2.75) is 144 Å². The van der Waals surface area contributed by atoms with Crippen LogP contribution in [0, 0.1) is 0 Å². The van der Waals surface area contributed by atoms with E-state index in [0.717, 1.165) is 0 Å². The van der Waals surface area contributed by atoms with Crippen molar-refractivity contribution in [3.8, 4) is 0 Å². The van der Waals surface area contributed by atoms with E-state index in [9.17, 15) is 28.8 Å². The summed E-state index contributed by atoms with van der Waals surface area (Å²) in [5.41, 5.74) is 2.35. The van der Waals surface area contributed by atoms with Gasteiger partial charge in [-0.2, -0.15) is 0 Å². The number of methoxy groups -OCH3 is 4. The molecule has 17 heteroatoms. The van der Waals surface area contributed by atoms with Crippen LogP contribution >= 0.6 is 0 Å². The van der Waals surface area contributed by atoms with Crippen LogP contribution in [-0.2, 0) is 47.6 Å². The largest absolute Gasteiger partial charge is 0.479 e. The van der Waals surface area contributed by atoms with E-state index in [2.05, 4.69) is 25.4 Å². The molecule has 0 heterocycles. The second-order valence-electron chi connectivity index (χ2n) is 13.6.